The second kappa shape index (κ2) is 9.13. The van der Waals surface area contributed by atoms with E-state index >= 15 is 0 Å². The zero-order valence-corrected chi connectivity index (χ0v) is 17.7. The quantitative estimate of drug-likeness (QED) is 0.653. The average molecular weight is 425 g/mol. The highest BCUT2D eigenvalue weighted by Crippen LogP contribution is 2.36. The molecule has 3 heterocycles. The van der Waals surface area contributed by atoms with Crippen molar-refractivity contribution >= 4 is 29.0 Å². The van der Waals surface area contributed by atoms with Gasteiger partial charge in [-0.05, 0) is 30.9 Å². The first kappa shape index (κ1) is 20.2. The number of likely N-dealkylation sites (tertiary alicyclic amines) is 1. The van der Waals surface area contributed by atoms with Crippen molar-refractivity contribution in [3.05, 3.63) is 53.5 Å². The maximum Gasteiger partial charge on any atom is 0.270 e. The van der Waals surface area contributed by atoms with Gasteiger partial charge in [0.05, 0.1) is 0 Å². The van der Waals surface area contributed by atoms with Crippen LogP contribution in [0.4, 0.5) is 5.82 Å². The van der Waals surface area contributed by atoms with Gasteiger partial charge < -0.3 is 15.0 Å². The summed E-state index contributed by atoms with van der Waals surface area (Å²) in [5.41, 5.74) is 0.992. The predicted molar refractivity (Wildman–Crippen MR) is 117 cm³/mol. The van der Waals surface area contributed by atoms with Crippen LogP contribution in [0.3, 0.4) is 0 Å². The van der Waals surface area contributed by atoms with Gasteiger partial charge in [-0.1, -0.05) is 30.3 Å². The first-order chi connectivity index (χ1) is 14.6. The molecule has 0 atom stereocenters. The molecule has 156 valence electrons. The molecule has 0 aliphatic carbocycles. The molecule has 0 spiro atoms. The molecule has 1 N–H and O–H groups in total. The van der Waals surface area contributed by atoms with Gasteiger partial charge in [-0.3, -0.25) is 14.3 Å². The van der Waals surface area contributed by atoms with Crippen LogP contribution in [0.15, 0.2) is 48.7 Å². The van der Waals surface area contributed by atoms with Gasteiger partial charge in [0.25, 0.3) is 11.8 Å². The molecule has 1 aliphatic heterocycles. The normalized spacial score (nSPS) is 13.8. The van der Waals surface area contributed by atoms with Crippen molar-refractivity contribution in [2.24, 2.45) is 7.05 Å². The third-order valence-electron chi connectivity index (χ3n) is 4.98. The second-order valence-corrected chi connectivity index (χ2v) is 8.28. The number of aryl methyl sites for hydroxylation is 1. The Morgan fingerprint density at radius 2 is 1.90 bits per heavy atom. The topological polar surface area (TPSA) is 76.5 Å². The van der Waals surface area contributed by atoms with Crippen molar-refractivity contribution in [3.63, 3.8) is 0 Å². The van der Waals surface area contributed by atoms with Gasteiger partial charge in [-0.2, -0.15) is 5.10 Å². The monoisotopic (exact) mass is 424 g/mol. The first-order valence-corrected chi connectivity index (χ1v) is 10.8. The number of hydrogen-bond acceptors (Lipinski definition) is 5. The smallest absolute Gasteiger partial charge is 0.270 e. The van der Waals surface area contributed by atoms with E-state index in [1.165, 1.54) is 11.3 Å². The molecular formula is C22H24N4O3S. The summed E-state index contributed by atoms with van der Waals surface area (Å²) in [6.45, 7) is 1.47. The van der Waals surface area contributed by atoms with E-state index in [1.807, 2.05) is 41.3 Å². The van der Waals surface area contributed by atoms with Crippen LogP contribution in [0.5, 0.6) is 5.75 Å². The van der Waals surface area contributed by atoms with Crippen LogP contribution in [0.2, 0.25) is 0 Å². The highest BCUT2D eigenvalue weighted by Gasteiger charge is 2.22. The zero-order valence-electron chi connectivity index (χ0n) is 16.8. The molecule has 2 amide bonds. The van der Waals surface area contributed by atoms with E-state index in [0.717, 1.165) is 42.8 Å². The highest BCUT2D eigenvalue weighted by atomic mass is 32.1. The number of carbonyl (C=O) groups is 2. The van der Waals surface area contributed by atoms with E-state index in [-0.39, 0.29) is 18.4 Å². The number of amides is 2. The van der Waals surface area contributed by atoms with Gasteiger partial charge in [0.2, 0.25) is 0 Å². The van der Waals surface area contributed by atoms with Crippen LogP contribution in [-0.2, 0) is 11.8 Å². The Morgan fingerprint density at radius 3 is 2.60 bits per heavy atom. The molecule has 1 aromatic carbocycles. The molecule has 0 saturated carbocycles. The molecule has 3 aromatic rings. The van der Waals surface area contributed by atoms with E-state index in [2.05, 4.69) is 10.4 Å². The molecule has 30 heavy (non-hydrogen) atoms. The van der Waals surface area contributed by atoms with Crippen molar-refractivity contribution < 1.29 is 14.3 Å². The largest absolute Gasteiger partial charge is 0.482 e. The lowest BCUT2D eigenvalue weighted by molar-refractivity contribution is -0.134. The number of aromatic nitrogens is 2. The Kier molecular flexibility index (Phi) is 6.13. The molecular weight excluding hydrogens is 400 g/mol. The Morgan fingerprint density at radius 1 is 1.13 bits per heavy atom. The number of nitrogens with one attached hydrogen (secondary N) is 1. The van der Waals surface area contributed by atoms with Gasteiger partial charge in [0.15, 0.2) is 12.4 Å². The third-order valence-corrected chi connectivity index (χ3v) is 6.14. The lowest BCUT2D eigenvalue weighted by atomic mass is 10.1. The molecule has 7 nitrogen and oxygen atoms in total. The Hall–Kier alpha value is -3.13. The number of nitrogens with zero attached hydrogens (tertiary/aromatic N) is 3. The summed E-state index contributed by atoms with van der Waals surface area (Å²) in [5, 5.41) is 6.99. The van der Waals surface area contributed by atoms with Crippen molar-refractivity contribution in [2.75, 3.05) is 25.0 Å². The fraction of sp³-hybridized carbons (Fsp3) is 0.318. The van der Waals surface area contributed by atoms with Gasteiger partial charge in [-0.15, -0.1) is 11.3 Å². The number of ether oxygens (including phenoxy) is 1. The van der Waals surface area contributed by atoms with Crippen LogP contribution >= 0.6 is 11.3 Å². The number of piperidine rings is 1. The molecule has 0 radical (unpaired) electrons. The molecule has 8 heteroatoms. The summed E-state index contributed by atoms with van der Waals surface area (Å²) in [5.74, 6) is 0.532. The van der Waals surface area contributed by atoms with Crippen molar-refractivity contribution in [3.8, 4) is 16.2 Å². The number of anilines is 1. The number of benzene rings is 1. The van der Waals surface area contributed by atoms with E-state index in [0.29, 0.717) is 16.4 Å². The molecule has 0 unspecified atom stereocenters. The van der Waals surface area contributed by atoms with Crippen LogP contribution in [0.25, 0.3) is 10.4 Å². The van der Waals surface area contributed by atoms with Gasteiger partial charge in [-0.25, -0.2) is 0 Å². The third kappa shape index (κ3) is 4.71. The molecule has 1 aliphatic rings. The minimum absolute atomic E-state index is 0.0433. The average Bonchev–Trinajstić information content (AvgIpc) is 3.39. The Bertz CT molecular complexity index is 1020. The fourth-order valence-corrected chi connectivity index (χ4v) is 4.42. The van der Waals surface area contributed by atoms with Crippen molar-refractivity contribution in [1.29, 1.82) is 0 Å². The summed E-state index contributed by atoms with van der Waals surface area (Å²) < 4.78 is 7.47. The fourth-order valence-electron chi connectivity index (χ4n) is 3.41. The van der Waals surface area contributed by atoms with Gasteiger partial charge >= 0.3 is 0 Å². The summed E-state index contributed by atoms with van der Waals surface area (Å²) in [6, 6.07) is 13.4. The van der Waals surface area contributed by atoms with E-state index in [4.69, 9.17) is 4.74 Å². The summed E-state index contributed by atoms with van der Waals surface area (Å²) in [6.07, 6.45) is 4.97. The number of thiophene rings is 1. The van der Waals surface area contributed by atoms with E-state index in [9.17, 15) is 9.59 Å². The molecule has 1 fully saturated rings. The summed E-state index contributed by atoms with van der Waals surface area (Å²) >= 11 is 1.34. The minimum atomic E-state index is -0.304. The Balaban J connectivity index is 1.54. The Labute approximate surface area is 179 Å². The second-order valence-electron chi connectivity index (χ2n) is 7.23. The molecule has 4 rings (SSSR count). The molecule has 2 aromatic heterocycles. The van der Waals surface area contributed by atoms with Crippen LogP contribution in [-0.4, -0.2) is 46.2 Å². The standard InChI is InChI=1S/C22H24N4O3S/c1-25-13-10-19(24-25)23-22(28)21-17(14-18(30-21)16-8-4-2-5-9-16)29-15-20(27)26-11-6-3-7-12-26/h2,4-5,8-10,13-14H,3,6-7,11-12,15H2,1H3,(H,23,24,28). The first-order valence-electron chi connectivity index (χ1n) is 10.0. The van der Waals surface area contributed by atoms with Crippen molar-refractivity contribution in [1.82, 2.24) is 14.7 Å². The molecule has 1 saturated heterocycles. The lowest BCUT2D eigenvalue weighted by Gasteiger charge is -2.26. The number of carbonyl (C=O) groups excluding carboxylic acids is 2. The molecule has 0 bridgehead atoms. The van der Waals surface area contributed by atoms with Crippen LogP contribution < -0.4 is 10.1 Å². The van der Waals surface area contributed by atoms with E-state index in [1.54, 1.807) is 24.0 Å². The van der Waals surface area contributed by atoms with Gasteiger partial charge in [0, 0.05) is 37.3 Å². The number of hydrogen-bond donors (Lipinski definition) is 1. The van der Waals surface area contributed by atoms with Crippen molar-refractivity contribution in [2.45, 2.75) is 19.3 Å². The maximum absolute atomic E-state index is 12.9. The maximum atomic E-state index is 12.9. The summed E-state index contributed by atoms with van der Waals surface area (Å²) in [4.78, 5) is 28.6. The van der Waals surface area contributed by atoms with E-state index < -0.39 is 0 Å². The predicted octanol–water partition coefficient (Wildman–Crippen LogP) is 3.79. The zero-order chi connectivity index (χ0) is 20.9. The van der Waals surface area contributed by atoms with Gasteiger partial charge in [0.1, 0.15) is 10.6 Å². The summed E-state index contributed by atoms with van der Waals surface area (Å²) in [7, 11) is 1.79. The van der Waals surface area contributed by atoms with Crippen LogP contribution in [0.1, 0.15) is 28.9 Å². The van der Waals surface area contributed by atoms with Crippen LogP contribution in [0, 0.1) is 0 Å². The number of rotatable bonds is 6. The SMILES string of the molecule is Cn1ccc(NC(=O)c2sc(-c3ccccc3)cc2OCC(=O)N2CCCCC2)n1. The lowest BCUT2D eigenvalue weighted by Crippen LogP contribution is -2.38. The highest BCUT2D eigenvalue weighted by molar-refractivity contribution is 7.17. The minimum Gasteiger partial charge on any atom is -0.482 e.